The van der Waals surface area contributed by atoms with Crippen molar-refractivity contribution in [1.82, 2.24) is 0 Å². The Kier molecular flexibility index (Phi) is 11.0. The predicted octanol–water partition coefficient (Wildman–Crippen LogP) is 2.83. The number of carboxylic acids is 2. The van der Waals surface area contributed by atoms with Crippen molar-refractivity contribution in [1.29, 1.82) is 0 Å². The molecule has 6 fully saturated rings. The Morgan fingerprint density at radius 2 is 1.41 bits per heavy atom. The smallest absolute Gasteiger partial charge is 0.314 e. The molecule has 4 saturated carbocycles. The van der Waals surface area contributed by atoms with E-state index < -0.39 is 102 Å². The van der Waals surface area contributed by atoms with Gasteiger partial charge in [-0.3, -0.25) is 9.59 Å². The quantitative estimate of drug-likeness (QED) is 0.137. The number of carbonyl (C=O) groups is 2. The monoisotopic (exact) mass is 794 g/mol. The third-order valence-corrected chi connectivity index (χ3v) is 17.4. The number of aliphatic hydroxyl groups excluding tert-OH is 6. The van der Waals surface area contributed by atoms with Gasteiger partial charge in [0.05, 0.1) is 29.6 Å². The summed E-state index contributed by atoms with van der Waals surface area (Å²) in [6.07, 6.45) is -6.76. The van der Waals surface area contributed by atoms with Gasteiger partial charge in [-0.25, -0.2) is 0 Å². The summed E-state index contributed by atoms with van der Waals surface area (Å²) in [5.74, 6) is -1.45. The number of ether oxygens (including phenoxy) is 4. The number of hydrogen-bond acceptors (Lipinski definition) is 12. The Labute approximate surface area is 329 Å². The first-order chi connectivity index (χ1) is 26.1. The first kappa shape index (κ1) is 42.4. The molecule has 0 radical (unpaired) electrons. The minimum Gasteiger partial charge on any atom is -0.481 e. The molecule has 14 nitrogen and oxygen atoms in total. The Morgan fingerprint density at radius 3 is 2.05 bits per heavy atom. The molecule has 0 aromatic heterocycles. The Morgan fingerprint density at radius 1 is 0.750 bits per heavy atom. The number of aliphatic hydroxyl groups is 6. The summed E-state index contributed by atoms with van der Waals surface area (Å²) in [7, 11) is 0. The van der Waals surface area contributed by atoms with Crippen molar-refractivity contribution in [3.63, 3.8) is 0 Å². The summed E-state index contributed by atoms with van der Waals surface area (Å²) >= 11 is 0. The zero-order chi connectivity index (χ0) is 41.1. The van der Waals surface area contributed by atoms with Gasteiger partial charge in [0.2, 0.25) is 0 Å². The standard InChI is InChI=1S/C42H66O14/c1-19-10-15-41(36(49)50)16-17-42(37(51)52)22(27(41)20(19)2)8-9-25-39(6)13-12-26(38(4,5)24(39)11-14-40(25,42)7)55-34-32(48)30(46)33(21(3)53-34)56-35-31(47)29(45)28(44)23(18-43)54-35/h8,19-21,23-35,43-48H,9-18H2,1-7H3,(H,49,50)(H,51,52)/t19-,20+,21+,23-,24+,25+,26+,27-,28-,29+,30+,31-,32-,33+,34+,35+,39+,40-,41+,42-/m1/s1. The third kappa shape index (κ3) is 5.85. The van der Waals surface area contributed by atoms with Crippen LogP contribution in [-0.4, -0.2) is 127 Å². The maximum Gasteiger partial charge on any atom is 0.314 e. The van der Waals surface area contributed by atoms with Crippen LogP contribution in [0, 0.1) is 56.7 Å². The van der Waals surface area contributed by atoms with E-state index in [9.17, 15) is 50.4 Å². The van der Waals surface area contributed by atoms with E-state index in [0.29, 0.717) is 44.4 Å². The normalized spacial score (nSPS) is 54.1. The Bertz CT molecular complexity index is 1550. The largest absolute Gasteiger partial charge is 0.481 e. The Balaban J connectivity index is 1.11. The highest BCUT2D eigenvalue weighted by Crippen LogP contribution is 2.76. The summed E-state index contributed by atoms with van der Waals surface area (Å²) in [6, 6.07) is 0. The number of hydrogen-bond donors (Lipinski definition) is 8. The van der Waals surface area contributed by atoms with E-state index in [2.05, 4.69) is 47.6 Å². The van der Waals surface area contributed by atoms with E-state index in [1.807, 2.05) is 0 Å². The molecule has 8 N–H and O–H groups in total. The van der Waals surface area contributed by atoms with Gasteiger partial charge in [-0.05, 0) is 111 Å². The van der Waals surface area contributed by atoms with Crippen LogP contribution in [0.25, 0.3) is 0 Å². The highest BCUT2D eigenvalue weighted by molar-refractivity contribution is 5.84. The second-order valence-corrected chi connectivity index (χ2v) is 20.0. The summed E-state index contributed by atoms with van der Waals surface area (Å²) in [5.41, 5.74) is -2.55. The number of carboxylic acid groups (broad SMARTS) is 2. The van der Waals surface area contributed by atoms with Crippen LogP contribution in [0.2, 0.25) is 0 Å². The fourth-order valence-electron chi connectivity index (χ4n) is 14.0. The fraction of sp³-hybridized carbons (Fsp3) is 0.905. The topological polar surface area (TPSA) is 233 Å². The molecular weight excluding hydrogens is 728 g/mol. The highest BCUT2D eigenvalue weighted by atomic mass is 16.7. The molecule has 20 atom stereocenters. The van der Waals surface area contributed by atoms with Crippen LogP contribution < -0.4 is 0 Å². The van der Waals surface area contributed by atoms with Gasteiger partial charge in [-0.1, -0.05) is 53.2 Å². The van der Waals surface area contributed by atoms with E-state index in [0.717, 1.165) is 24.8 Å². The van der Waals surface area contributed by atoms with E-state index in [1.54, 1.807) is 6.92 Å². The van der Waals surface area contributed by atoms with Gasteiger partial charge in [0.15, 0.2) is 12.6 Å². The number of rotatable bonds is 7. The molecular formula is C42H66O14. The predicted molar refractivity (Wildman–Crippen MR) is 198 cm³/mol. The van der Waals surface area contributed by atoms with Crippen molar-refractivity contribution >= 4 is 11.9 Å². The van der Waals surface area contributed by atoms with Crippen molar-refractivity contribution in [3.05, 3.63) is 11.6 Å². The molecule has 2 heterocycles. The maximum absolute atomic E-state index is 13.9. The van der Waals surface area contributed by atoms with Crippen molar-refractivity contribution in [2.45, 2.75) is 174 Å². The van der Waals surface area contributed by atoms with Crippen LogP contribution in [0.3, 0.4) is 0 Å². The van der Waals surface area contributed by atoms with Gasteiger partial charge in [-0.2, -0.15) is 0 Å². The molecule has 0 amide bonds. The highest BCUT2D eigenvalue weighted by Gasteiger charge is 2.73. The average molecular weight is 795 g/mol. The molecule has 7 aliphatic rings. The lowest BCUT2D eigenvalue weighted by molar-refractivity contribution is -0.364. The lowest BCUT2D eigenvalue weighted by Gasteiger charge is -2.70. The number of fused-ring (bicyclic) bond motifs is 7. The van der Waals surface area contributed by atoms with Crippen molar-refractivity contribution < 1.29 is 69.4 Å². The van der Waals surface area contributed by atoms with Gasteiger partial charge >= 0.3 is 11.9 Å². The van der Waals surface area contributed by atoms with E-state index >= 15 is 0 Å². The average Bonchev–Trinajstić information content (AvgIpc) is 3.14. The van der Waals surface area contributed by atoms with Gasteiger partial charge in [0.25, 0.3) is 0 Å². The molecule has 0 aromatic rings. The molecule has 0 unspecified atom stereocenters. The lowest BCUT2D eigenvalue weighted by atomic mass is 9.33. The second kappa shape index (κ2) is 14.5. The molecule has 7 rings (SSSR count). The van der Waals surface area contributed by atoms with Crippen LogP contribution in [0.5, 0.6) is 0 Å². The number of allylic oxidation sites excluding steroid dienone is 1. The lowest BCUT2D eigenvalue weighted by Crippen LogP contribution is -2.68. The minimum atomic E-state index is -1.69. The van der Waals surface area contributed by atoms with Crippen molar-refractivity contribution in [2.24, 2.45) is 56.7 Å². The molecule has 0 spiro atoms. The SMILES string of the molecule is C[C@H]1[C@H](C)CC[C@]2(C(=O)O)CC[C@]3(C(=O)O)C(=CC[C@H]4[C@@]5(C)CC[C@H](O[C@@H]6O[C@@H](C)[C@H](O[C@@H]7O[C@H](CO)[C@@H](O)[C@H](O)[C@H]7O)[C@@H](O)[C@H]6O)C(C)(C)[C@@H]5CC[C@]43C)[C@@H]12. The second-order valence-electron chi connectivity index (χ2n) is 20.0. The summed E-state index contributed by atoms with van der Waals surface area (Å²) < 4.78 is 24.0. The Hall–Kier alpha value is -1.72. The summed E-state index contributed by atoms with van der Waals surface area (Å²) in [6.45, 7) is 14.1. The minimum absolute atomic E-state index is 0.0289. The first-order valence-corrected chi connectivity index (χ1v) is 20.9. The summed E-state index contributed by atoms with van der Waals surface area (Å²) in [5, 5.41) is 85.2. The van der Waals surface area contributed by atoms with Gasteiger partial charge < -0.3 is 59.8 Å². The van der Waals surface area contributed by atoms with Gasteiger partial charge in [0.1, 0.15) is 42.7 Å². The van der Waals surface area contributed by atoms with Crippen LogP contribution in [0.15, 0.2) is 11.6 Å². The van der Waals surface area contributed by atoms with Gasteiger partial charge in [-0.15, -0.1) is 0 Å². The number of aliphatic carboxylic acids is 2. The van der Waals surface area contributed by atoms with Crippen molar-refractivity contribution in [2.75, 3.05) is 6.61 Å². The van der Waals surface area contributed by atoms with E-state index in [4.69, 9.17) is 18.9 Å². The summed E-state index contributed by atoms with van der Waals surface area (Å²) in [4.78, 5) is 27.0. The molecule has 56 heavy (non-hydrogen) atoms. The molecule has 2 aliphatic heterocycles. The zero-order valence-electron chi connectivity index (χ0n) is 33.9. The fourth-order valence-corrected chi connectivity index (χ4v) is 14.0. The van der Waals surface area contributed by atoms with E-state index in [1.165, 1.54) is 0 Å². The van der Waals surface area contributed by atoms with Crippen molar-refractivity contribution in [3.8, 4) is 0 Å². The van der Waals surface area contributed by atoms with Crippen LogP contribution >= 0.6 is 0 Å². The molecule has 14 heteroatoms. The molecule has 2 saturated heterocycles. The van der Waals surface area contributed by atoms with Crippen LogP contribution in [0.4, 0.5) is 0 Å². The van der Waals surface area contributed by atoms with Crippen LogP contribution in [0.1, 0.15) is 106 Å². The third-order valence-electron chi connectivity index (χ3n) is 17.4. The zero-order valence-corrected chi connectivity index (χ0v) is 33.9. The first-order valence-electron chi connectivity index (χ1n) is 20.9. The maximum atomic E-state index is 13.9. The molecule has 5 aliphatic carbocycles. The molecule has 0 aromatic carbocycles. The van der Waals surface area contributed by atoms with E-state index in [-0.39, 0.29) is 35.2 Å². The van der Waals surface area contributed by atoms with Gasteiger partial charge in [0, 0.05) is 0 Å². The molecule has 318 valence electrons. The van der Waals surface area contributed by atoms with Crippen LogP contribution in [-0.2, 0) is 28.5 Å². The molecule has 0 bridgehead atoms.